The van der Waals surface area contributed by atoms with Gasteiger partial charge in [-0.2, -0.15) is 11.8 Å². The molecule has 2 aromatic carbocycles. The normalized spacial score (nSPS) is 10.8. The fourth-order valence-electron chi connectivity index (χ4n) is 2.38. The van der Waals surface area contributed by atoms with E-state index in [-0.39, 0.29) is 0 Å². The highest BCUT2D eigenvalue weighted by molar-refractivity contribution is 7.97. The van der Waals surface area contributed by atoms with Gasteiger partial charge in [0.2, 0.25) is 0 Å². The Balaban J connectivity index is 1.63. The molecule has 0 saturated heterocycles. The summed E-state index contributed by atoms with van der Waals surface area (Å²) < 4.78 is 10.6. The number of ether oxygens (including phenoxy) is 2. The summed E-state index contributed by atoms with van der Waals surface area (Å²) in [4.78, 5) is 4.73. The van der Waals surface area contributed by atoms with Crippen LogP contribution in [0.3, 0.4) is 0 Å². The van der Waals surface area contributed by atoms with Crippen LogP contribution in [-0.2, 0) is 11.5 Å². The fraction of sp³-hybridized carbons (Fsp3) is 0.211. The number of methoxy groups -OCH3 is 2. The Bertz CT molecular complexity index is 899. The number of halogens is 2. The van der Waals surface area contributed by atoms with Crippen LogP contribution >= 0.6 is 46.3 Å². The van der Waals surface area contributed by atoms with Crippen molar-refractivity contribution in [3.8, 4) is 22.1 Å². The Labute approximate surface area is 171 Å². The van der Waals surface area contributed by atoms with Crippen LogP contribution < -0.4 is 9.47 Å². The number of thiazole rings is 1. The van der Waals surface area contributed by atoms with Gasteiger partial charge in [-0.25, -0.2) is 4.98 Å². The van der Waals surface area contributed by atoms with Gasteiger partial charge in [-0.1, -0.05) is 29.3 Å². The molecule has 3 rings (SSSR count). The second-order valence-corrected chi connectivity index (χ2v) is 8.11. The maximum atomic E-state index is 6.06. The molecule has 0 bridgehead atoms. The summed E-state index contributed by atoms with van der Waals surface area (Å²) in [6.45, 7) is 0. The summed E-state index contributed by atoms with van der Waals surface area (Å²) in [5, 5.41) is 4.23. The zero-order valence-electron chi connectivity index (χ0n) is 14.3. The first-order valence-electron chi connectivity index (χ1n) is 7.79. The number of aromatic nitrogens is 1. The van der Waals surface area contributed by atoms with Crippen molar-refractivity contribution in [3.63, 3.8) is 0 Å². The topological polar surface area (TPSA) is 31.4 Å². The van der Waals surface area contributed by atoms with Crippen molar-refractivity contribution >= 4 is 46.3 Å². The van der Waals surface area contributed by atoms with Crippen molar-refractivity contribution in [2.75, 3.05) is 14.2 Å². The molecule has 0 N–H and O–H groups in total. The Hall–Kier alpha value is -1.40. The van der Waals surface area contributed by atoms with Gasteiger partial charge in [-0.15, -0.1) is 11.3 Å². The fourth-order valence-corrected chi connectivity index (χ4v) is 4.50. The van der Waals surface area contributed by atoms with E-state index < -0.39 is 0 Å². The van der Waals surface area contributed by atoms with Crippen LogP contribution in [0.4, 0.5) is 0 Å². The molecule has 0 aliphatic heterocycles. The molecular weight excluding hydrogens is 409 g/mol. The van der Waals surface area contributed by atoms with E-state index in [9.17, 15) is 0 Å². The van der Waals surface area contributed by atoms with E-state index in [0.717, 1.165) is 33.3 Å². The third-order valence-electron chi connectivity index (χ3n) is 3.68. The van der Waals surface area contributed by atoms with Gasteiger partial charge in [0.1, 0.15) is 5.01 Å². The van der Waals surface area contributed by atoms with Crippen molar-refractivity contribution in [2.45, 2.75) is 11.5 Å². The van der Waals surface area contributed by atoms with Gasteiger partial charge in [0.15, 0.2) is 11.5 Å². The predicted molar refractivity (Wildman–Crippen MR) is 112 cm³/mol. The van der Waals surface area contributed by atoms with Crippen LogP contribution in [0.1, 0.15) is 11.3 Å². The predicted octanol–water partition coefficient (Wildman–Crippen LogP) is 6.57. The zero-order chi connectivity index (χ0) is 18.5. The summed E-state index contributed by atoms with van der Waals surface area (Å²) in [5.41, 5.74) is 3.23. The molecule has 0 spiro atoms. The molecule has 0 saturated carbocycles. The molecule has 0 amide bonds. The maximum absolute atomic E-state index is 6.06. The Kier molecular flexibility index (Phi) is 6.70. The van der Waals surface area contributed by atoms with E-state index >= 15 is 0 Å². The summed E-state index contributed by atoms with van der Waals surface area (Å²) in [6.07, 6.45) is 0. The average Bonchev–Trinajstić information content (AvgIpc) is 3.13. The van der Waals surface area contributed by atoms with Gasteiger partial charge in [-0.3, -0.25) is 0 Å². The quantitative estimate of drug-likeness (QED) is 0.428. The average molecular weight is 426 g/mol. The highest BCUT2D eigenvalue weighted by atomic mass is 35.5. The summed E-state index contributed by atoms with van der Waals surface area (Å²) in [5.74, 6) is 3.12. The Morgan fingerprint density at radius 1 is 0.962 bits per heavy atom. The molecule has 0 aliphatic carbocycles. The zero-order valence-corrected chi connectivity index (χ0v) is 17.4. The molecule has 1 heterocycles. The standard InChI is InChI=1S/C19H17Cl2NO2S2/c1-23-17-6-4-13(8-18(17)24-2)19-22-14(11-26-19)10-25-9-12-3-5-15(20)16(21)7-12/h3-8,11H,9-10H2,1-2H3. The molecular formula is C19H17Cl2NO2S2. The van der Waals surface area contributed by atoms with E-state index in [4.69, 9.17) is 37.7 Å². The van der Waals surface area contributed by atoms with Gasteiger partial charge >= 0.3 is 0 Å². The van der Waals surface area contributed by atoms with Gasteiger partial charge in [-0.05, 0) is 35.9 Å². The van der Waals surface area contributed by atoms with Gasteiger partial charge in [0.25, 0.3) is 0 Å². The molecule has 0 atom stereocenters. The van der Waals surface area contributed by atoms with Crippen LogP contribution in [0.15, 0.2) is 41.8 Å². The molecule has 0 fully saturated rings. The number of thioether (sulfide) groups is 1. The first-order chi connectivity index (χ1) is 12.6. The Morgan fingerprint density at radius 3 is 2.50 bits per heavy atom. The van der Waals surface area contributed by atoms with Crippen LogP contribution in [0.5, 0.6) is 11.5 Å². The van der Waals surface area contributed by atoms with E-state index in [1.165, 1.54) is 0 Å². The molecule has 0 unspecified atom stereocenters. The molecule has 3 nitrogen and oxygen atoms in total. The van der Waals surface area contributed by atoms with E-state index in [2.05, 4.69) is 5.38 Å². The number of nitrogens with zero attached hydrogens (tertiary/aromatic N) is 1. The van der Waals surface area contributed by atoms with Gasteiger partial charge in [0.05, 0.1) is 30.0 Å². The Morgan fingerprint density at radius 2 is 1.77 bits per heavy atom. The first-order valence-corrected chi connectivity index (χ1v) is 10.6. The van der Waals surface area contributed by atoms with Crippen LogP contribution in [0.2, 0.25) is 10.0 Å². The highest BCUT2D eigenvalue weighted by Gasteiger charge is 2.10. The van der Waals surface area contributed by atoms with Crippen molar-refractivity contribution < 1.29 is 9.47 Å². The summed E-state index contributed by atoms with van der Waals surface area (Å²) in [7, 11) is 3.26. The van der Waals surface area contributed by atoms with E-state index in [0.29, 0.717) is 21.5 Å². The molecule has 1 aromatic heterocycles. The van der Waals surface area contributed by atoms with E-state index in [1.54, 1.807) is 37.3 Å². The monoisotopic (exact) mass is 425 g/mol. The first kappa shape index (κ1) is 19.4. The van der Waals surface area contributed by atoms with E-state index in [1.807, 2.05) is 36.4 Å². The van der Waals surface area contributed by atoms with Crippen LogP contribution in [-0.4, -0.2) is 19.2 Å². The lowest BCUT2D eigenvalue weighted by atomic mass is 10.2. The van der Waals surface area contributed by atoms with Crippen molar-refractivity contribution in [2.24, 2.45) is 0 Å². The molecule has 26 heavy (non-hydrogen) atoms. The van der Waals surface area contributed by atoms with Crippen LogP contribution in [0, 0.1) is 0 Å². The number of hydrogen-bond acceptors (Lipinski definition) is 5. The lowest BCUT2D eigenvalue weighted by molar-refractivity contribution is 0.355. The largest absolute Gasteiger partial charge is 0.493 e. The second-order valence-electron chi connectivity index (χ2n) is 5.46. The lowest BCUT2D eigenvalue weighted by Gasteiger charge is -2.08. The minimum Gasteiger partial charge on any atom is -0.493 e. The highest BCUT2D eigenvalue weighted by Crippen LogP contribution is 2.34. The third kappa shape index (κ3) is 4.65. The molecule has 0 radical (unpaired) electrons. The van der Waals surface area contributed by atoms with Crippen molar-refractivity contribution in [1.29, 1.82) is 0 Å². The molecule has 7 heteroatoms. The van der Waals surface area contributed by atoms with Gasteiger partial charge < -0.3 is 9.47 Å². The van der Waals surface area contributed by atoms with Crippen molar-refractivity contribution in [1.82, 2.24) is 4.98 Å². The third-order valence-corrected chi connectivity index (χ3v) is 6.40. The number of hydrogen-bond donors (Lipinski definition) is 0. The van der Waals surface area contributed by atoms with Crippen LogP contribution in [0.25, 0.3) is 10.6 Å². The maximum Gasteiger partial charge on any atom is 0.161 e. The number of benzene rings is 2. The van der Waals surface area contributed by atoms with Gasteiger partial charge in [0, 0.05) is 22.4 Å². The molecule has 0 aliphatic rings. The lowest BCUT2D eigenvalue weighted by Crippen LogP contribution is -1.91. The molecule has 3 aromatic rings. The summed E-state index contributed by atoms with van der Waals surface area (Å²) >= 11 is 15.4. The number of rotatable bonds is 7. The molecule has 136 valence electrons. The minimum absolute atomic E-state index is 0.583. The smallest absolute Gasteiger partial charge is 0.161 e. The SMILES string of the molecule is COc1ccc(-c2nc(CSCc3ccc(Cl)c(Cl)c3)cs2)cc1OC. The minimum atomic E-state index is 0.583. The summed E-state index contributed by atoms with van der Waals surface area (Å²) in [6, 6.07) is 11.6. The van der Waals surface area contributed by atoms with Crippen molar-refractivity contribution in [3.05, 3.63) is 63.1 Å². The second kappa shape index (κ2) is 9.00.